The molecule has 1 aliphatic rings. The SMILES string of the molecule is CC(=O)N1N=C(c2ccc(OS(N)(=O)=O)cc2)CC1c1ccc(F)cc1. The van der Waals surface area contributed by atoms with Crippen molar-refractivity contribution in [1.29, 1.82) is 0 Å². The molecule has 0 fully saturated rings. The number of carbonyl (C=O) groups is 1. The van der Waals surface area contributed by atoms with Gasteiger partial charge in [0.1, 0.15) is 11.6 Å². The number of hydrogen-bond acceptors (Lipinski definition) is 5. The van der Waals surface area contributed by atoms with E-state index in [9.17, 15) is 17.6 Å². The third kappa shape index (κ3) is 4.06. The lowest BCUT2D eigenvalue weighted by molar-refractivity contribution is -0.130. The summed E-state index contributed by atoms with van der Waals surface area (Å²) >= 11 is 0. The van der Waals surface area contributed by atoms with Crippen molar-refractivity contribution < 1.29 is 21.8 Å². The minimum Gasteiger partial charge on any atom is -0.371 e. The standard InChI is InChI=1S/C17H16FN3O4S/c1-11(22)21-17(13-2-6-14(18)7-3-13)10-16(20-21)12-4-8-15(9-5-12)25-26(19,23)24/h2-9,17H,10H2,1H3,(H2,19,23,24). The van der Waals surface area contributed by atoms with Gasteiger partial charge in [-0.2, -0.15) is 18.7 Å². The monoisotopic (exact) mass is 377 g/mol. The first-order valence-corrected chi connectivity index (χ1v) is 9.15. The van der Waals surface area contributed by atoms with E-state index in [-0.39, 0.29) is 23.5 Å². The molecule has 0 aromatic heterocycles. The highest BCUT2D eigenvalue weighted by Crippen LogP contribution is 2.33. The number of carbonyl (C=O) groups excluding carboxylic acids is 1. The number of hydrogen-bond donors (Lipinski definition) is 1. The molecule has 0 radical (unpaired) electrons. The molecule has 1 amide bonds. The first-order valence-electron chi connectivity index (χ1n) is 7.68. The molecule has 1 atom stereocenters. The van der Waals surface area contributed by atoms with Crippen molar-refractivity contribution >= 4 is 21.9 Å². The summed E-state index contributed by atoms with van der Waals surface area (Å²) in [5, 5.41) is 10.6. The highest BCUT2D eigenvalue weighted by Gasteiger charge is 2.31. The Kier molecular flexibility index (Phi) is 4.75. The lowest BCUT2D eigenvalue weighted by Crippen LogP contribution is -2.24. The molecule has 9 heteroatoms. The van der Waals surface area contributed by atoms with Crippen molar-refractivity contribution in [3.63, 3.8) is 0 Å². The van der Waals surface area contributed by atoms with E-state index in [1.54, 1.807) is 24.3 Å². The van der Waals surface area contributed by atoms with Crippen LogP contribution in [0.15, 0.2) is 53.6 Å². The van der Waals surface area contributed by atoms with Gasteiger partial charge in [0.15, 0.2) is 0 Å². The van der Waals surface area contributed by atoms with Crippen molar-refractivity contribution in [3.05, 3.63) is 65.5 Å². The van der Waals surface area contributed by atoms with E-state index in [0.29, 0.717) is 17.7 Å². The maximum Gasteiger partial charge on any atom is 0.380 e. The molecular formula is C17H16FN3O4S. The van der Waals surface area contributed by atoms with Gasteiger partial charge in [-0.1, -0.05) is 12.1 Å². The van der Waals surface area contributed by atoms with Crippen molar-refractivity contribution in [2.24, 2.45) is 10.2 Å². The fourth-order valence-electron chi connectivity index (χ4n) is 2.76. The Morgan fingerprint density at radius 2 is 1.81 bits per heavy atom. The van der Waals surface area contributed by atoms with Gasteiger partial charge in [-0.25, -0.2) is 9.40 Å². The lowest BCUT2D eigenvalue weighted by Gasteiger charge is -2.20. The van der Waals surface area contributed by atoms with E-state index in [0.717, 1.165) is 5.56 Å². The second kappa shape index (κ2) is 6.85. The highest BCUT2D eigenvalue weighted by atomic mass is 32.2. The van der Waals surface area contributed by atoms with Crippen molar-refractivity contribution in [3.8, 4) is 5.75 Å². The van der Waals surface area contributed by atoms with Crippen LogP contribution in [0.2, 0.25) is 0 Å². The summed E-state index contributed by atoms with van der Waals surface area (Å²) in [7, 11) is -4.09. The number of rotatable bonds is 4. The zero-order valence-electron chi connectivity index (χ0n) is 13.8. The molecule has 0 aliphatic carbocycles. The van der Waals surface area contributed by atoms with E-state index >= 15 is 0 Å². The van der Waals surface area contributed by atoms with Crippen LogP contribution in [0.5, 0.6) is 5.75 Å². The summed E-state index contributed by atoms with van der Waals surface area (Å²) in [6.45, 7) is 1.41. The van der Waals surface area contributed by atoms with Crippen LogP contribution in [-0.4, -0.2) is 25.0 Å². The maximum absolute atomic E-state index is 13.2. The summed E-state index contributed by atoms with van der Waals surface area (Å²) in [6.07, 6.45) is 0.445. The first kappa shape index (κ1) is 18.0. The van der Waals surface area contributed by atoms with Gasteiger partial charge in [0.25, 0.3) is 0 Å². The Balaban J connectivity index is 1.85. The molecule has 0 bridgehead atoms. The zero-order valence-corrected chi connectivity index (χ0v) is 14.6. The normalized spacial score (nSPS) is 17.1. The van der Waals surface area contributed by atoms with Crippen LogP contribution in [0, 0.1) is 5.82 Å². The number of amides is 1. The summed E-state index contributed by atoms with van der Waals surface area (Å²) in [5.41, 5.74) is 2.13. The zero-order chi connectivity index (χ0) is 18.9. The van der Waals surface area contributed by atoms with E-state index in [2.05, 4.69) is 9.28 Å². The molecule has 7 nitrogen and oxygen atoms in total. The Morgan fingerprint density at radius 1 is 1.19 bits per heavy atom. The topological polar surface area (TPSA) is 102 Å². The Labute approximate surface area is 150 Å². The van der Waals surface area contributed by atoms with Crippen LogP contribution in [0.25, 0.3) is 0 Å². The van der Waals surface area contributed by atoms with Gasteiger partial charge in [0.2, 0.25) is 5.91 Å². The Morgan fingerprint density at radius 3 is 2.35 bits per heavy atom. The van der Waals surface area contributed by atoms with Crippen molar-refractivity contribution in [1.82, 2.24) is 5.01 Å². The van der Waals surface area contributed by atoms with Gasteiger partial charge in [-0.05, 0) is 47.5 Å². The van der Waals surface area contributed by atoms with Crippen LogP contribution < -0.4 is 9.32 Å². The third-order valence-electron chi connectivity index (χ3n) is 3.89. The van der Waals surface area contributed by atoms with Gasteiger partial charge >= 0.3 is 10.3 Å². The van der Waals surface area contributed by atoms with Crippen LogP contribution in [0.4, 0.5) is 4.39 Å². The molecule has 0 spiro atoms. The predicted octanol–water partition coefficient (Wildman–Crippen LogP) is 2.11. The maximum atomic E-state index is 13.2. The molecule has 26 heavy (non-hydrogen) atoms. The summed E-state index contributed by atoms with van der Waals surface area (Å²) < 4.78 is 39.6. The van der Waals surface area contributed by atoms with Crippen molar-refractivity contribution in [2.45, 2.75) is 19.4 Å². The average molecular weight is 377 g/mol. The molecule has 1 aliphatic heterocycles. The molecule has 2 aromatic carbocycles. The van der Waals surface area contributed by atoms with Gasteiger partial charge in [-0.15, -0.1) is 0 Å². The predicted molar refractivity (Wildman–Crippen MR) is 93.0 cm³/mol. The fraction of sp³-hybridized carbons (Fsp3) is 0.176. The highest BCUT2D eigenvalue weighted by molar-refractivity contribution is 7.84. The van der Waals surface area contributed by atoms with Crippen LogP contribution in [0.1, 0.15) is 30.5 Å². The summed E-state index contributed by atoms with van der Waals surface area (Å²) in [6, 6.07) is 11.8. The van der Waals surface area contributed by atoms with E-state index in [1.807, 2.05) is 0 Å². The molecule has 2 aromatic rings. The summed E-state index contributed by atoms with van der Waals surface area (Å²) in [4.78, 5) is 11.9. The lowest BCUT2D eigenvalue weighted by atomic mass is 9.98. The smallest absolute Gasteiger partial charge is 0.371 e. The van der Waals surface area contributed by atoms with E-state index < -0.39 is 10.3 Å². The van der Waals surface area contributed by atoms with Crippen LogP contribution in [-0.2, 0) is 15.1 Å². The van der Waals surface area contributed by atoms with Crippen LogP contribution >= 0.6 is 0 Å². The van der Waals surface area contributed by atoms with Crippen LogP contribution in [0.3, 0.4) is 0 Å². The second-order valence-electron chi connectivity index (χ2n) is 5.78. The minimum atomic E-state index is -4.09. The molecular weight excluding hydrogens is 361 g/mol. The molecule has 1 unspecified atom stereocenters. The third-order valence-corrected chi connectivity index (χ3v) is 4.31. The van der Waals surface area contributed by atoms with Gasteiger partial charge in [0, 0.05) is 13.3 Å². The minimum absolute atomic E-state index is 0.0772. The average Bonchev–Trinajstić information content (AvgIpc) is 3.00. The largest absolute Gasteiger partial charge is 0.380 e. The quantitative estimate of drug-likeness (QED) is 0.881. The van der Waals surface area contributed by atoms with Gasteiger partial charge in [0.05, 0.1) is 11.8 Å². The molecule has 2 N–H and O–H groups in total. The summed E-state index contributed by atoms with van der Waals surface area (Å²) in [5.74, 6) is -0.510. The first-order chi connectivity index (χ1) is 12.2. The fourth-order valence-corrected chi connectivity index (χ4v) is 3.14. The van der Waals surface area contributed by atoms with Gasteiger partial charge in [-0.3, -0.25) is 4.79 Å². The van der Waals surface area contributed by atoms with Crippen molar-refractivity contribution in [2.75, 3.05) is 0 Å². The molecule has 0 saturated carbocycles. The molecule has 136 valence electrons. The molecule has 3 rings (SSSR count). The molecule has 0 saturated heterocycles. The van der Waals surface area contributed by atoms with E-state index in [1.165, 1.54) is 36.2 Å². The number of hydrazone groups is 1. The molecule has 1 heterocycles. The number of benzene rings is 2. The number of nitrogens with zero attached hydrogens (tertiary/aromatic N) is 2. The van der Waals surface area contributed by atoms with Gasteiger partial charge < -0.3 is 4.18 Å². The number of halogens is 1. The second-order valence-corrected chi connectivity index (χ2v) is 6.93. The number of nitrogens with two attached hydrogens (primary N) is 1. The Hall–Kier alpha value is -2.78. The Bertz CT molecular complexity index is 957. The van der Waals surface area contributed by atoms with E-state index in [4.69, 9.17) is 5.14 Å².